The zero-order valence-electron chi connectivity index (χ0n) is 13.0. The molecule has 0 aliphatic rings. The van der Waals surface area contributed by atoms with Gasteiger partial charge in [0, 0.05) is 17.4 Å². The maximum absolute atomic E-state index is 5.46. The molecule has 114 valence electrons. The molecule has 20 heavy (non-hydrogen) atoms. The van der Waals surface area contributed by atoms with Gasteiger partial charge in [0.15, 0.2) is 11.5 Å². The van der Waals surface area contributed by atoms with Gasteiger partial charge in [0.2, 0.25) is 5.75 Å². The predicted octanol–water partition coefficient (Wildman–Crippen LogP) is 2.94. The normalized spacial score (nSPS) is 12.1. The van der Waals surface area contributed by atoms with Crippen molar-refractivity contribution in [2.75, 3.05) is 34.1 Å². The van der Waals surface area contributed by atoms with Crippen molar-refractivity contribution in [1.29, 1.82) is 0 Å². The lowest BCUT2D eigenvalue weighted by Gasteiger charge is -2.16. The predicted molar refractivity (Wildman–Crippen MR) is 85.4 cm³/mol. The number of methoxy groups -OCH3 is 3. The highest BCUT2D eigenvalue weighted by Gasteiger charge is 2.15. The minimum Gasteiger partial charge on any atom is -0.493 e. The van der Waals surface area contributed by atoms with Crippen LogP contribution in [-0.2, 0) is 6.54 Å². The first-order chi connectivity index (χ1) is 9.67. The summed E-state index contributed by atoms with van der Waals surface area (Å²) in [7, 11) is 4.90. The van der Waals surface area contributed by atoms with Gasteiger partial charge in [-0.3, -0.25) is 0 Å². The fraction of sp³-hybridized carbons (Fsp3) is 0.600. The van der Waals surface area contributed by atoms with Crippen LogP contribution >= 0.6 is 11.8 Å². The first-order valence-corrected chi connectivity index (χ1v) is 7.98. The second-order valence-electron chi connectivity index (χ2n) is 4.51. The average molecular weight is 299 g/mol. The lowest BCUT2D eigenvalue weighted by atomic mass is 10.1. The van der Waals surface area contributed by atoms with Gasteiger partial charge in [-0.2, -0.15) is 11.8 Å². The van der Waals surface area contributed by atoms with E-state index in [0.717, 1.165) is 30.8 Å². The molecule has 1 unspecified atom stereocenters. The molecule has 0 heterocycles. The molecule has 0 spiro atoms. The number of rotatable bonds is 9. The number of ether oxygens (including phenoxy) is 3. The first kappa shape index (κ1) is 17.0. The molecule has 0 amide bonds. The Morgan fingerprint density at radius 1 is 1.10 bits per heavy atom. The molecule has 4 nitrogen and oxygen atoms in total. The van der Waals surface area contributed by atoms with E-state index < -0.39 is 0 Å². The summed E-state index contributed by atoms with van der Waals surface area (Å²) >= 11 is 1.89. The summed E-state index contributed by atoms with van der Waals surface area (Å²) in [6.07, 6.45) is 3.29. The Labute approximate surface area is 126 Å². The third-order valence-electron chi connectivity index (χ3n) is 3.23. The molecule has 0 radical (unpaired) electrons. The number of hydrogen-bond acceptors (Lipinski definition) is 5. The van der Waals surface area contributed by atoms with Gasteiger partial charge < -0.3 is 19.5 Å². The van der Waals surface area contributed by atoms with Crippen LogP contribution in [0.5, 0.6) is 17.2 Å². The van der Waals surface area contributed by atoms with E-state index in [0.29, 0.717) is 16.7 Å². The zero-order valence-corrected chi connectivity index (χ0v) is 13.8. The third kappa shape index (κ3) is 4.49. The Balaban J connectivity index is 2.70. The minimum atomic E-state index is 0.645. The largest absolute Gasteiger partial charge is 0.493 e. The van der Waals surface area contributed by atoms with E-state index in [-0.39, 0.29) is 0 Å². The second-order valence-corrected chi connectivity index (χ2v) is 5.78. The van der Waals surface area contributed by atoms with Crippen molar-refractivity contribution in [3.8, 4) is 17.2 Å². The fourth-order valence-electron chi connectivity index (χ4n) is 1.95. The van der Waals surface area contributed by atoms with E-state index in [1.807, 2.05) is 23.9 Å². The van der Waals surface area contributed by atoms with Crippen LogP contribution in [0.15, 0.2) is 12.1 Å². The zero-order chi connectivity index (χ0) is 15.0. The summed E-state index contributed by atoms with van der Waals surface area (Å²) in [4.78, 5) is 0. The van der Waals surface area contributed by atoms with E-state index in [1.165, 1.54) is 0 Å². The molecular weight excluding hydrogens is 274 g/mol. The second kappa shape index (κ2) is 8.97. The summed E-state index contributed by atoms with van der Waals surface area (Å²) in [5.41, 5.74) is 1.07. The van der Waals surface area contributed by atoms with Crippen molar-refractivity contribution in [3.05, 3.63) is 17.7 Å². The molecule has 5 heteroatoms. The molecule has 0 aromatic heterocycles. The summed E-state index contributed by atoms with van der Waals surface area (Å²) in [5, 5.41) is 4.12. The minimum absolute atomic E-state index is 0.645. The lowest BCUT2D eigenvalue weighted by molar-refractivity contribution is 0.321. The van der Waals surface area contributed by atoms with Gasteiger partial charge in [-0.1, -0.05) is 13.0 Å². The quantitative estimate of drug-likeness (QED) is 0.710. The lowest BCUT2D eigenvalue weighted by Crippen LogP contribution is -2.18. The molecule has 0 saturated carbocycles. The van der Waals surface area contributed by atoms with E-state index in [9.17, 15) is 0 Å². The summed E-state index contributed by atoms with van der Waals surface area (Å²) in [5.74, 6) is 2.06. The van der Waals surface area contributed by atoms with Crippen molar-refractivity contribution in [2.24, 2.45) is 0 Å². The topological polar surface area (TPSA) is 39.7 Å². The fourth-order valence-corrected chi connectivity index (χ4v) is 2.30. The Hall–Kier alpha value is -1.07. The SMILES string of the molecule is COc1ccc(CNCCC(C)SC)c(OC)c1OC. The molecule has 1 aromatic carbocycles. The molecule has 0 fully saturated rings. The standard InChI is InChI=1S/C15H25NO3S/c1-11(20-5)8-9-16-10-12-6-7-13(17-2)15(19-4)14(12)18-3/h6-7,11,16H,8-10H2,1-5H3. The molecular formula is C15H25NO3S. The van der Waals surface area contributed by atoms with Crippen molar-refractivity contribution >= 4 is 11.8 Å². The smallest absolute Gasteiger partial charge is 0.203 e. The molecule has 0 bridgehead atoms. The van der Waals surface area contributed by atoms with E-state index in [4.69, 9.17) is 14.2 Å². The van der Waals surface area contributed by atoms with Gasteiger partial charge in [0.25, 0.3) is 0 Å². The molecule has 0 saturated heterocycles. The molecule has 1 rings (SSSR count). The van der Waals surface area contributed by atoms with Crippen LogP contribution in [0.1, 0.15) is 18.9 Å². The summed E-state index contributed by atoms with van der Waals surface area (Å²) in [6.45, 7) is 3.98. The van der Waals surface area contributed by atoms with E-state index >= 15 is 0 Å². The number of thioether (sulfide) groups is 1. The Morgan fingerprint density at radius 2 is 1.80 bits per heavy atom. The molecule has 0 aliphatic carbocycles. The highest BCUT2D eigenvalue weighted by Crippen LogP contribution is 2.39. The van der Waals surface area contributed by atoms with Crippen LogP contribution in [0.3, 0.4) is 0 Å². The molecule has 1 aromatic rings. The third-order valence-corrected chi connectivity index (χ3v) is 4.27. The number of hydrogen-bond donors (Lipinski definition) is 1. The van der Waals surface area contributed by atoms with Crippen molar-refractivity contribution < 1.29 is 14.2 Å². The van der Waals surface area contributed by atoms with Crippen molar-refractivity contribution in [1.82, 2.24) is 5.32 Å². The Bertz CT molecular complexity index is 412. The van der Waals surface area contributed by atoms with E-state index in [2.05, 4.69) is 18.5 Å². The molecule has 1 N–H and O–H groups in total. The van der Waals surface area contributed by atoms with Gasteiger partial charge in [0.05, 0.1) is 21.3 Å². The highest BCUT2D eigenvalue weighted by atomic mass is 32.2. The number of nitrogens with one attached hydrogen (secondary N) is 1. The van der Waals surface area contributed by atoms with E-state index in [1.54, 1.807) is 21.3 Å². The van der Waals surface area contributed by atoms with Crippen LogP contribution in [0.25, 0.3) is 0 Å². The highest BCUT2D eigenvalue weighted by molar-refractivity contribution is 7.99. The van der Waals surface area contributed by atoms with Crippen LogP contribution < -0.4 is 19.5 Å². The van der Waals surface area contributed by atoms with Crippen LogP contribution in [0.2, 0.25) is 0 Å². The van der Waals surface area contributed by atoms with Crippen LogP contribution in [0.4, 0.5) is 0 Å². The van der Waals surface area contributed by atoms with Crippen LogP contribution in [-0.4, -0.2) is 39.4 Å². The molecule has 0 aliphatic heterocycles. The summed E-state index contributed by atoms with van der Waals surface area (Å²) in [6, 6.07) is 3.91. The van der Waals surface area contributed by atoms with Gasteiger partial charge in [-0.25, -0.2) is 0 Å². The Kier molecular flexibility index (Phi) is 7.62. The van der Waals surface area contributed by atoms with Gasteiger partial charge >= 0.3 is 0 Å². The van der Waals surface area contributed by atoms with Crippen LogP contribution in [0, 0.1) is 0 Å². The van der Waals surface area contributed by atoms with Gasteiger partial charge in [0.1, 0.15) is 0 Å². The van der Waals surface area contributed by atoms with Crippen molar-refractivity contribution in [2.45, 2.75) is 25.1 Å². The van der Waals surface area contributed by atoms with Gasteiger partial charge in [-0.15, -0.1) is 0 Å². The first-order valence-electron chi connectivity index (χ1n) is 6.69. The number of benzene rings is 1. The van der Waals surface area contributed by atoms with Gasteiger partial charge in [-0.05, 0) is 25.3 Å². The maximum Gasteiger partial charge on any atom is 0.203 e. The summed E-state index contributed by atoms with van der Waals surface area (Å²) < 4.78 is 16.1. The van der Waals surface area contributed by atoms with Crippen molar-refractivity contribution in [3.63, 3.8) is 0 Å². The monoisotopic (exact) mass is 299 g/mol. The Morgan fingerprint density at radius 3 is 2.35 bits per heavy atom. The average Bonchev–Trinajstić information content (AvgIpc) is 2.49. The maximum atomic E-state index is 5.46. The molecule has 1 atom stereocenters.